The molecule has 6 nitrogen and oxygen atoms in total. The fourth-order valence-electron chi connectivity index (χ4n) is 1.80. The third-order valence-corrected chi connectivity index (χ3v) is 2.72. The highest BCUT2D eigenvalue weighted by molar-refractivity contribution is 5.62. The van der Waals surface area contributed by atoms with Crippen LogP contribution in [0.4, 0.5) is 17.1 Å². The molecule has 1 heterocycles. The molecule has 0 aliphatic rings. The lowest BCUT2D eigenvalue weighted by Gasteiger charge is -2.19. The van der Waals surface area contributed by atoms with Crippen LogP contribution < -0.4 is 10.6 Å². The number of nitro benzene ring substituents is 1. The number of nitrogens with zero attached hydrogens (tertiary/aromatic N) is 3. The van der Waals surface area contributed by atoms with Gasteiger partial charge in [0.1, 0.15) is 0 Å². The summed E-state index contributed by atoms with van der Waals surface area (Å²) in [6, 6.07) is 8.37. The maximum atomic E-state index is 10.8. The zero-order chi connectivity index (χ0) is 13.8. The Labute approximate surface area is 110 Å². The van der Waals surface area contributed by atoms with E-state index in [-0.39, 0.29) is 5.69 Å². The minimum absolute atomic E-state index is 0.00645. The van der Waals surface area contributed by atoms with Crippen LogP contribution in [0.1, 0.15) is 5.56 Å². The van der Waals surface area contributed by atoms with Crippen molar-refractivity contribution in [3.05, 3.63) is 58.4 Å². The number of pyridine rings is 1. The van der Waals surface area contributed by atoms with Gasteiger partial charge in [-0.25, -0.2) is 0 Å². The molecular weight excluding hydrogens is 244 g/mol. The average molecular weight is 258 g/mol. The summed E-state index contributed by atoms with van der Waals surface area (Å²) < 4.78 is 0. The summed E-state index contributed by atoms with van der Waals surface area (Å²) in [5.41, 5.74) is 7.78. The Morgan fingerprint density at radius 3 is 2.84 bits per heavy atom. The van der Waals surface area contributed by atoms with Gasteiger partial charge in [0.25, 0.3) is 5.69 Å². The molecule has 0 unspecified atom stereocenters. The summed E-state index contributed by atoms with van der Waals surface area (Å²) >= 11 is 0. The first-order valence-corrected chi connectivity index (χ1v) is 5.71. The van der Waals surface area contributed by atoms with E-state index in [1.807, 2.05) is 24.1 Å². The second kappa shape index (κ2) is 5.34. The van der Waals surface area contributed by atoms with E-state index in [0.717, 1.165) is 5.56 Å². The van der Waals surface area contributed by atoms with E-state index in [2.05, 4.69) is 4.98 Å². The minimum atomic E-state index is -0.447. The zero-order valence-electron chi connectivity index (χ0n) is 10.5. The molecule has 0 saturated heterocycles. The number of hydrogen-bond acceptors (Lipinski definition) is 5. The van der Waals surface area contributed by atoms with Crippen LogP contribution in [0.25, 0.3) is 0 Å². The topological polar surface area (TPSA) is 85.3 Å². The molecule has 2 aromatic rings. The van der Waals surface area contributed by atoms with Crippen molar-refractivity contribution < 1.29 is 4.92 Å². The average Bonchev–Trinajstić information content (AvgIpc) is 2.39. The van der Waals surface area contributed by atoms with Crippen LogP contribution in [0.5, 0.6) is 0 Å². The van der Waals surface area contributed by atoms with Gasteiger partial charge in [-0.1, -0.05) is 6.07 Å². The smallest absolute Gasteiger partial charge is 0.273 e. The Kier molecular flexibility index (Phi) is 3.61. The van der Waals surface area contributed by atoms with Gasteiger partial charge in [0, 0.05) is 49.5 Å². The number of rotatable bonds is 4. The van der Waals surface area contributed by atoms with Crippen molar-refractivity contribution in [1.29, 1.82) is 0 Å². The molecule has 0 amide bonds. The van der Waals surface area contributed by atoms with E-state index in [4.69, 9.17) is 5.73 Å². The number of nitro groups is 1. The molecule has 0 radical (unpaired) electrons. The minimum Gasteiger partial charge on any atom is -0.398 e. The fraction of sp³-hybridized carbons (Fsp3) is 0.154. The van der Waals surface area contributed by atoms with Gasteiger partial charge in [-0.15, -0.1) is 0 Å². The Morgan fingerprint density at radius 2 is 2.21 bits per heavy atom. The van der Waals surface area contributed by atoms with Crippen molar-refractivity contribution in [1.82, 2.24) is 4.98 Å². The zero-order valence-corrected chi connectivity index (χ0v) is 10.5. The molecule has 98 valence electrons. The van der Waals surface area contributed by atoms with E-state index in [0.29, 0.717) is 17.9 Å². The van der Waals surface area contributed by atoms with Gasteiger partial charge < -0.3 is 10.6 Å². The van der Waals surface area contributed by atoms with E-state index < -0.39 is 4.92 Å². The molecular formula is C13H14N4O2. The standard InChI is InChI=1S/C13H14N4O2/c1-16(9-10-3-2-4-15-8-10)12-5-11(14)6-13(7-12)17(18)19/h2-8H,9,14H2,1H3. The van der Waals surface area contributed by atoms with Gasteiger partial charge in [0.15, 0.2) is 0 Å². The van der Waals surface area contributed by atoms with E-state index >= 15 is 0 Å². The maximum absolute atomic E-state index is 10.8. The van der Waals surface area contributed by atoms with Gasteiger partial charge in [0.05, 0.1) is 4.92 Å². The van der Waals surface area contributed by atoms with Gasteiger partial charge in [-0.3, -0.25) is 15.1 Å². The Bertz CT molecular complexity index is 586. The van der Waals surface area contributed by atoms with Crippen molar-refractivity contribution in [2.75, 3.05) is 17.7 Å². The largest absolute Gasteiger partial charge is 0.398 e. The predicted octanol–water partition coefficient (Wildman–Crippen LogP) is 2.21. The lowest BCUT2D eigenvalue weighted by atomic mass is 10.2. The van der Waals surface area contributed by atoms with Crippen LogP contribution in [0.2, 0.25) is 0 Å². The fourth-order valence-corrected chi connectivity index (χ4v) is 1.80. The third kappa shape index (κ3) is 3.19. The van der Waals surface area contributed by atoms with Crippen LogP contribution in [0.3, 0.4) is 0 Å². The first-order chi connectivity index (χ1) is 9.06. The lowest BCUT2D eigenvalue weighted by molar-refractivity contribution is -0.384. The van der Waals surface area contributed by atoms with Crippen LogP contribution in [-0.2, 0) is 6.54 Å². The number of nitrogens with two attached hydrogens (primary N) is 1. The normalized spacial score (nSPS) is 10.2. The van der Waals surface area contributed by atoms with Crippen molar-refractivity contribution in [2.24, 2.45) is 0 Å². The molecule has 6 heteroatoms. The van der Waals surface area contributed by atoms with Crippen molar-refractivity contribution in [3.8, 4) is 0 Å². The van der Waals surface area contributed by atoms with Gasteiger partial charge in [-0.2, -0.15) is 0 Å². The number of hydrogen-bond donors (Lipinski definition) is 1. The van der Waals surface area contributed by atoms with Crippen molar-refractivity contribution in [2.45, 2.75) is 6.54 Å². The summed E-state index contributed by atoms with van der Waals surface area (Å²) in [5.74, 6) is 0. The molecule has 19 heavy (non-hydrogen) atoms. The molecule has 0 fully saturated rings. The van der Waals surface area contributed by atoms with Crippen molar-refractivity contribution >= 4 is 17.1 Å². The van der Waals surface area contributed by atoms with Crippen LogP contribution in [0.15, 0.2) is 42.7 Å². The van der Waals surface area contributed by atoms with E-state index in [1.54, 1.807) is 18.5 Å². The monoisotopic (exact) mass is 258 g/mol. The molecule has 0 aliphatic heterocycles. The maximum Gasteiger partial charge on any atom is 0.273 e. The Morgan fingerprint density at radius 1 is 1.42 bits per heavy atom. The van der Waals surface area contributed by atoms with Gasteiger partial charge in [-0.05, 0) is 17.7 Å². The SMILES string of the molecule is CN(Cc1cccnc1)c1cc(N)cc([N+](=O)[O-])c1. The highest BCUT2D eigenvalue weighted by Gasteiger charge is 2.11. The molecule has 0 atom stereocenters. The van der Waals surface area contributed by atoms with Gasteiger partial charge >= 0.3 is 0 Å². The summed E-state index contributed by atoms with van der Waals surface area (Å²) in [4.78, 5) is 16.3. The van der Waals surface area contributed by atoms with Crippen LogP contribution >= 0.6 is 0 Å². The number of aromatic nitrogens is 1. The number of non-ortho nitro benzene ring substituents is 1. The summed E-state index contributed by atoms with van der Waals surface area (Å²) in [6.07, 6.45) is 3.46. The van der Waals surface area contributed by atoms with Gasteiger partial charge in [0.2, 0.25) is 0 Å². The quantitative estimate of drug-likeness (QED) is 0.516. The van der Waals surface area contributed by atoms with E-state index in [1.165, 1.54) is 12.1 Å². The van der Waals surface area contributed by atoms with E-state index in [9.17, 15) is 10.1 Å². The second-order valence-electron chi connectivity index (χ2n) is 4.26. The Balaban J connectivity index is 2.24. The summed E-state index contributed by atoms with van der Waals surface area (Å²) in [7, 11) is 1.85. The molecule has 2 rings (SSSR count). The molecule has 1 aromatic heterocycles. The highest BCUT2D eigenvalue weighted by Crippen LogP contribution is 2.25. The summed E-state index contributed by atoms with van der Waals surface area (Å²) in [6.45, 7) is 0.606. The molecule has 0 aliphatic carbocycles. The molecule has 2 N–H and O–H groups in total. The Hall–Kier alpha value is -2.63. The number of anilines is 2. The third-order valence-electron chi connectivity index (χ3n) is 2.72. The molecule has 1 aromatic carbocycles. The summed E-state index contributed by atoms with van der Waals surface area (Å²) in [5, 5.41) is 10.8. The lowest BCUT2D eigenvalue weighted by Crippen LogP contribution is -2.16. The molecule has 0 bridgehead atoms. The highest BCUT2D eigenvalue weighted by atomic mass is 16.6. The first-order valence-electron chi connectivity index (χ1n) is 5.71. The van der Waals surface area contributed by atoms with Crippen LogP contribution in [-0.4, -0.2) is 17.0 Å². The molecule has 0 spiro atoms. The number of benzene rings is 1. The van der Waals surface area contributed by atoms with Crippen molar-refractivity contribution in [3.63, 3.8) is 0 Å². The van der Waals surface area contributed by atoms with Crippen LogP contribution in [0, 0.1) is 10.1 Å². The number of nitrogen functional groups attached to an aromatic ring is 1. The predicted molar refractivity (Wildman–Crippen MR) is 73.9 cm³/mol. The first kappa shape index (κ1) is 12.8. The second-order valence-corrected chi connectivity index (χ2v) is 4.26. The molecule has 0 saturated carbocycles.